The lowest BCUT2D eigenvalue weighted by atomic mass is 9.87. The van der Waals surface area contributed by atoms with Gasteiger partial charge in [-0.1, -0.05) is 91.5 Å². The van der Waals surface area contributed by atoms with Crippen molar-refractivity contribution in [1.82, 2.24) is 10.3 Å². The van der Waals surface area contributed by atoms with E-state index in [1.807, 2.05) is 42.5 Å². The van der Waals surface area contributed by atoms with Crippen LogP contribution in [0.15, 0.2) is 66.7 Å². The van der Waals surface area contributed by atoms with Crippen molar-refractivity contribution >= 4 is 40.1 Å². The molecule has 2 aromatic heterocycles. The maximum absolute atomic E-state index is 13.5. The molecule has 1 unspecified atom stereocenters. The van der Waals surface area contributed by atoms with E-state index in [2.05, 4.69) is 71.1 Å². The van der Waals surface area contributed by atoms with Crippen molar-refractivity contribution in [1.29, 1.82) is 0 Å². The Kier molecular flexibility index (Phi) is 10.0. The van der Waals surface area contributed by atoms with Gasteiger partial charge in [0.25, 0.3) is 5.91 Å². The number of aromatic nitrogens is 1. The molecule has 0 radical (unpaired) electrons. The van der Waals surface area contributed by atoms with Gasteiger partial charge in [0.2, 0.25) is 0 Å². The zero-order chi connectivity index (χ0) is 33.1. The molecule has 7 heteroatoms. The van der Waals surface area contributed by atoms with Crippen LogP contribution in [0.3, 0.4) is 0 Å². The largest absolute Gasteiger partial charge is 0.480 e. The molecule has 1 saturated carbocycles. The van der Waals surface area contributed by atoms with Crippen molar-refractivity contribution in [3.05, 3.63) is 93.4 Å². The average molecular weight is 639 g/mol. The highest BCUT2D eigenvalue weighted by Crippen LogP contribution is 2.33. The van der Waals surface area contributed by atoms with Gasteiger partial charge in [-0.15, -0.1) is 11.3 Å². The van der Waals surface area contributed by atoms with Crippen molar-refractivity contribution in [2.24, 2.45) is 11.3 Å². The second-order valence-corrected chi connectivity index (χ2v) is 15.8. The Bertz CT molecular complexity index is 1720. The highest BCUT2D eigenvalue weighted by atomic mass is 32.1. The van der Waals surface area contributed by atoms with E-state index in [1.54, 1.807) is 6.07 Å². The highest BCUT2D eigenvalue weighted by molar-refractivity contribution is 7.12. The van der Waals surface area contributed by atoms with Crippen molar-refractivity contribution < 1.29 is 19.4 Å². The number of ether oxygens (including phenoxy) is 1. The molecule has 1 fully saturated rings. The van der Waals surface area contributed by atoms with Gasteiger partial charge in [0, 0.05) is 27.3 Å². The van der Waals surface area contributed by atoms with E-state index in [9.17, 15) is 14.7 Å². The lowest BCUT2D eigenvalue weighted by Crippen LogP contribution is -2.42. The number of carbonyl (C=O) groups excluding carboxylic acids is 1. The molecule has 5 rings (SSSR count). The van der Waals surface area contributed by atoms with Crippen molar-refractivity contribution in [3.63, 3.8) is 0 Å². The molecule has 6 nitrogen and oxygen atoms in total. The number of carboxylic acids is 1. The van der Waals surface area contributed by atoms with Gasteiger partial charge in [0.1, 0.15) is 23.2 Å². The van der Waals surface area contributed by atoms with Crippen LogP contribution in [-0.2, 0) is 23.1 Å². The Morgan fingerprint density at radius 1 is 0.978 bits per heavy atom. The first-order valence-electron chi connectivity index (χ1n) is 16.3. The molecule has 242 valence electrons. The number of nitrogens with one attached hydrogen (secondary N) is 1. The van der Waals surface area contributed by atoms with E-state index in [0.29, 0.717) is 11.7 Å². The van der Waals surface area contributed by atoms with Gasteiger partial charge < -0.3 is 15.2 Å². The Morgan fingerprint density at radius 2 is 1.67 bits per heavy atom. The maximum Gasteiger partial charge on any atom is 0.326 e. The molecular weight excluding hydrogens is 593 g/mol. The monoisotopic (exact) mass is 638 g/mol. The second kappa shape index (κ2) is 13.8. The fraction of sp³-hybridized carbons (Fsp3) is 0.410. The Balaban J connectivity index is 1.38. The smallest absolute Gasteiger partial charge is 0.326 e. The molecule has 0 spiro atoms. The van der Waals surface area contributed by atoms with Gasteiger partial charge >= 0.3 is 5.97 Å². The quantitative estimate of drug-likeness (QED) is 0.181. The number of hydrogen-bond donors (Lipinski definition) is 2. The summed E-state index contributed by atoms with van der Waals surface area (Å²) >= 11 is 1.54. The molecular formula is C39H46N2O4S. The van der Waals surface area contributed by atoms with E-state index in [0.717, 1.165) is 51.2 Å². The average Bonchev–Trinajstić information content (AvgIpc) is 3.67. The summed E-state index contributed by atoms with van der Waals surface area (Å²) in [7, 11) is 0. The molecule has 1 amide bonds. The maximum atomic E-state index is 13.5. The van der Waals surface area contributed by atoms with E-state index >= 15 is 0 Å². The van der Waals surface area contributed by atoms with Gasteiger partial charge in [0.15, 0.2) is 0 Å². The van der Waals surface area contributed by atoms with Gasteiger partial charge in [-0.2, -0.15) is 0 Å². The summed E-state index contributed by atoms with van der Waals surface area (Å²) in [5.41, 5.74) is 2.44. The third-order valence-electron chi connectivity index (χ3n) is 8.47. The third kappa shape index (κ3) is 8.85. The van der Waals surface area contributed by atoms with Crippen LogP contribution in [0, 0.1) is 11.3 Å². The van der Waals surface area contributed by atoms with E-state index in [4.69, 9.17) is 9.72 Å². The SMILES string of the molecule is CC(C)(C)C=Cc1ccc(CC(NC(=O)c2cc3ccc(Oc4ccc(C(C)(C)C)cc4)cc3c(CC3CCCC3)n2)C(=O)O)s1. The molecule has 4 aromatic rings. The number of nitrogens with zero attached hydrogens (tertiary/aromatic N) is 1. The fourth-order valence-electron chi connectivity index (χ4n) is 5.84. The predicted octanol–water partition coefficient (Wildman–Crippen LogP) is 9.60. The second-order valence-electron chi connectivity index (χ2n) is 14.6. The van der Waals surface area contributed by atoms with Crippen LogP contribution < -0.4 is 10.1 Å². The fourth-order valence-corrected chi connectivity index (χ4v) is 6.80. The van der Waals surface area contributed by atoms with Crippen LogP contribution >= 0.6 is 11.3 Å². The first-order chi connectivity index (χ1) is 21.7. The van der Waals surface area contributed by atoms with Crippen molar-refractivity contribution in [2.75, 3.05) is 0 Å². The minimum Gasteiger partial charge on any atom is -0.480 e. The van der Waals surface area contributed by atoms with Crippen LogP contribution in [0.1, 0.15) is 98.7 Å². The summed E-state index contributed by atoms with van der Waals surface area (Å²) in [5, 5.41) is 14.6. The molecule has 0 aliphatic heterocycles. The Morgan fingerprint density at radius 3 is 2.33 bits per heavy atom. The number of allylic oxidation sites excluding steroid dienone is 1. The van der Waals surface area contributed by atoms with Gasteiger partial charge in [-0.25, -0.2) is 9.78 Å². The van der Waals surface area contributed by atoms with Crippen molar-refractivity contribution in [2.45, 2.75) is 91.5 Å². The van der Waals surface area contributed by atoms with Crippen LogP contribution in [0.5, 0.6) is 11.5 Å². The topological polar surface area (TPSA) is 88.5 Å². The standard InChI is InChI=1S/C39H46N2O4S/c1-38(2,3)20-19-30-17-18-31(46-30)24-35(37(43)44)41-36(42)34-22-26-11-14-29(45-28-15-12-27(13-16-28)39(4,5)6)23-32(26)33(40-34)21-25-9-7-8-10-25/h11-20,22-23,25,35H,7-10,21,24H2,1-6H3,(H,41,42)(H,43,44). The summed E-state index contributed by atoms with van der Waals surface area (Å²) in [4.78, 5) is 32.6. The first-order valence-corrected chi connectivity index (χ1v) is 17.1. The number of pyridine rings is 1. The third-order valence-corrected chi connectivity index (χ3v) is 9.54. The van der Waals surface area contributed by atoms with E-state index in [-0.39, 0.29) is 22.9 Å². The number of carboxylic acid groups (broad SMARTS) is 1. The number of benzene rings is 2. The Labute approximate surface area is 276 Å². The molecule has 0 bridgehead atoms. The zero-order valence-corrected chi connectivity index (χ0v) is 28.7. The number of hydrogen-bond acceptors (Lipinski definition) is 5. The summed E-state index contributed by atoms with van der Waals surface area (Å²) in [6.07, 6.45) is 9.87. The lowest BCUT2D eigenvalue weighted by Gasteiger charge is -2.19. The minimum absolute atomic E-state index is 0.0537. The summed E-state index contributed by atoms with van der Waals surface area (Å²) in [6, 6.07) is 18.7. The number of thiophene rings is 1. The molecule has 1 aliphatic carbocycles. The minimum atomic E-state index is -1.07. The number of amides is 1. The molecule has 0 saturated heterocycles. The molecule has 2 N–H and O–H groups in total. The number of carbonyl (C=O) groups is 2. The van der Waals surface area contributed by atoms with Crippen LogP contribution in [0.25, 0.3) is 16.8 Å². The summed E-state index contributed by atoms with van der Waals surface area (Å²) in [6.45, 7) is 13.0. The molecule has 2 aromatic carbocycles. The van der Waals surface area contributed by atoms with Gasteiger partial charge in [-0.05, 0) is 82.7 Å². The number of rotatable bonds is 10. The number of fused-ring (bicyclic) bond motifs is 1. The normalized spacial score (nSPS) is 15.0. The lowest BCUT2D eigenvalue weighted by molar-refractivity contribution is -0.139. The molecule has 46 heavy (non-hydrogen) atoms. The van der Waals surface area contributed by atoms with Crippen LogP contribution in [0.2, 0.25) is 0 Å². The summed E-state index contributed by atoms with van der Waals surface area (Å²) < 4.78 is 6.25. The molecule has 1 aliphatic rings. The predicted molar refractivity (Wildman–Crippen MR) is 188 cm³/mol. The first kappa shape index (κ1) is 33.4. The van der Waals surface area contributed by atoms with Gasteiger partial charge in [-0.3, -0.25) is 4.79 Å². The number of aliphatic carboxylic acids is 1. The van der Waals surface area contributed by atoms with E-state index in [1.165, 1.54) is 29.7 Å². The molecule has 2 heterocycles. The van der Waals surface area contributed by atoms with E-state index < -0.39 is 17.9 Å². The zero-order valence-electron chi connectivity index (χ0n) is 27.9. The van der Waals surface area contributed by atoms with Gasteiger partial charge in [0.05, 0.1) is 0 Å². The summed E-state index contributed by atoms with van der Waals surface area (Å²) in [5.74, 6) is 0.428. The van der Waals surface area contributed by atoms with Crippen LogP contribution in [0.4, 0.5) is 0 Å². The molecule has 1 atom stereocenters. The van der Waals surface area contributed by atoms with Crippen LogP contribution in [-0.4, -0.2) is 28.0 Å². The highest BCUT2D eigenvalue weighted by Gasteiger charge is 2.25. The Hall–Kier alpha value is -3.97. The van der Waals surface area contributed by atoms with Crippen molar-refractivity contribution in [3.8, 4) is 11.5 Å².